The summed E-state index contributed by atoms with van der Waals surface area (Å²) in [6.07, 6.45) is 0.0212. The predicted octanol–water partition coefficient (Wildman–Crippen LogP) is 2.87. The maximum atomic E-state index is 11.4. The van der Waals surface area contributed by atoms with E-state index in [1.165, 1.54) is 0 Å². The molecule has 0 atom stereocenters. The first-order valence-corrected chi connectivity index (χ1v) is 7.15. The van der Waals surface area contributed by atoms with Crippen LogP contribution in [0.2, 0.25) is 0 Å². The number of hydrogen-bond donors (Lipinski definition) is 1. The fourth-order valence-electron chi connectivity index (χ4n) is 1.45. The van der Waals surface area contributed by atoms with Crippen molar-refractivity contribution < 1.29 is 14.1 Å². The van der Waals surface area contributed by atoms with Crippen LogP contribution in [0, 0.1) is 0 Å². The molecule has 0 bridgehead atoms. The first-order chi connectivity index (χ1) is 9.44. The Morgan fingerprint density at radius 2 is 2.30 bits per heavy atom. The molecule has 7 heteroatoms. The van der Waals surface area contributed by atoms with Crippen LogP contribution in [0.4, 0.5) is 4.79 Å². The molecule has 0 aromatic carbocycles. The number of ether oxygens (including phenoxy) is 1. The highest BCUT2D eigenvalue weighted by molar-refractivity contribution is 7.13. The summed E-state index contributed by atoms with van der Waals surface area (Å²) in [6.45, 7) is 5.84. The molecule has 2 aromatic rings. The third-order valence-electron chi connectivity index (χ3n) is 2.22. The third-order valence-corrected chi connectivity index (χ3v) is 3.08. The van der Waals surface area contributed by atoms with E-state index in [9.17, 15) is 4.79 Å². The minimum atomic E-state index is -0.499. The number of rotatable bonds is 4. The Bertz CT molecular complexity index is 558. The van der Waals surface area contributed by atoms with Gasteiger partial charge in [-0.05, 0) is 32.2 Å². The lowest BCUT2D eigenvalue weighted by atomic mass is 10.2. The van der Waals surface area contributed by atoms with Crippen LogP contribution >= 0.6 is 11.3 Å². The van der Waals surface area contributed by atoms with Gasteiger partial charge >= 0.3 is 6.09 Å². The van der Waals surface area contributed by atoms with Gasteiger partial charge in [0.05, 0.1) is 4.88 Å². The second kappa shape index (κ2) is 6.04. The van der Waals surface area contributed by atoms with Gasteiger partial charge in [0, 0.05) is 13.0 Å². The summed E-state index contributed by atoms with van der Waals surface area (Å²) in [5.41, 5.74) is -0.499. The Balaban J connectivity index is 1.79. The molecule has 1 N–H and O–H groups in total. The second-order valence-electron chi connectivity index (χ2n) is 5.17. The van der Waals surface area contributed by atoms with E-state index >= 15 is 0 Å². The highest BCUT2D eigenvalue weighted by atomic mass is 32.1. The summed E-state index contributed by atoms with van der Waals surface area (Å²) in [6, 6.07) is 3.86. The van der Waals surface area contributed by atoms with E-state index in [1.54, 1.807) is 11.3 Å². The van der Waals surface area contributed by atoms with Crippen molar-refractivity contribution in [2.45, 2.75) is 32.8 Å². The maximum Gasteiger partial charge on any atom is 0.407 e. The molecule has 0 radical (unpaired) electrons. The largest absolute Gasteiger partial charge is 0.444 e. The van der Waals surface area contributed by atoms with E-state index in [4.69, 9.17) is 9.26 Å². The van der Waals surface area contributed by atoms with Crippen molar-refractivity contribution in [3.8, 4) is 10.7 Å². The standard InChI is InChI=1S/C13H17N3O3S/c1-13(2,3)18-12(17)14-7-6-10-15-11(16-19-10)9-5-4-8-20-9/h4-5,8H,6-7H2,1-3H3,(H,14,17). The summed E-state index contributed by atoms with van der Waals surface area (Å²) >= 11 is 1.55. The molecule has 0 unspecified atom stereocenters. The summed E-state index contributed by atoms with van der Waals surface area (Å²) in [4.78, 5) is 16.7. The molecule has 0 spiro atoms. The van der Waals surface area contributed by atoms with Crippen LogP contribution in [0.1, 0.15) is 26.7 Å². The Morgan fingerprint density at radius 3 is 2.95 bits per heavy atom. The van der Waals surface area contributed by atoms with Crippen molar-refractivity contribution >= 4 is 17.4 Å². The van der Waals surface area contributed by atoms with Gasteiger partial charge in [0.25, 0.3) is 0 Å². The average Bonchev–Trinajstić information content (AvgIpc) is 2.96. The Kier molecular flexibility index (Phi) is 4.39. The van der Waals surface area contributed by atoms with Gasteiger partial charge in [-0.15, -0.1) is 11.3 Å². The fraction of sp³-hybridized carbons (Fsp3) is 0.462. The van der Waals surface area contributed by atoms with E-state index in [0.717, 1.165) is 4.88 Å². The molecule has 6 nitrogen and oxygen atoms in total. The Hall–Kier alpha value is -1.89. The van der Waals surface area contributed by atoms with E-state index in [0.29, 0.717) is 24.7 Å². The second-order valence-corrected chi connectivity index (χ2v) is 6.12. The predicted molar refractivity (Wildman–Crippen MR) is 75.6 cm³/mol. The van der Waals surface area contributed by atoms with Crippen LogP contribution in [0.3, 0.4) is 0 Å². The van der Waals surface area contributed by atoms with Crippen molar-refractivity contribution in [2.75, 3.05) is 6.54 Å². The summed E-state index contributed by atoms with van der Waals surface area (Å²) in [5, 5.41) is 8.50. The molecule has 0 aliphatic carbocycles. The Morgan fingerprint density at radius 1 is 1.50 bits per heavy atom. The van der Waals surface area contributed by atoms with Gasteiger partial charge in [-0.3, -0.25) is 0 Å². The molecule has 0 saturated carbocycles. The number of carbonyl (C=O) groups excluding carboxylic acids is 1. The molecular formula is C13H17N3O3S. The van der Waals surface area contributed by atoms with Gasteiger partial charge in [-0.1, -0.05) is 11.2 Å². The van der Waals surface area contributed by atoms with Gasteiger partial charge in [0.1, 0.15) is 5.60 Å². The number of hydrogen-bond acceptors (Lipinski definition) is 6. The first kappa shape index (κ1) is 14.5. The van der Waals surface area contributed by atoms with E-state index in [1.807, 2.05) is 38.3 Å². The van der Waals surface area contributed by atoms with Crippen LogP contribution in [0.5, 0.6) is 0 Å². The third kappa shape index (κ3) is 4.34. The van der Waals surface area contributed by atoms with Gasteiger partial charge in [-0.25, -0.2) is 4.79 Å². The molecule has 0 aliphatic heterocycles. The molecule has 20 heavy (non-hydrogen) atoms. The average molecular weight is 295 g/mol. The van der Waals surface area contributed by atoms with Crippen molar-refractivity contribution in [3.05, 3.63) is 23.4 Å². The fourth-order valence-corrected chi connectivity index (χ4v) is 2.10. The van der Waals surface area contributed by atoms with E-state index < -0.39 is 11.7 Å². The quantitative estimate of drug-likeness (QED) is 0.938. The minimum absolute atomic E-state index is 0.390. The van der Waals surface area contributed by atoms with E-state index in [-0.39, 0.29) is 0 Å². The van der Waals surface area contributed by atoms with Crippen LogP contribution in [-0.2, 0) is 11.2 Å². The zero-order valence-corrected chi connectivity index (χ0v) is 12.5. The van der Waals surface area contributed by atoms with Crippen molar-refractivity contribution in [1.82, 2.24) is 15.5 Å². The number of carbonyl (C=O) groups is 1. The zero-order valence-electron chi connectivity index (χ0n) is 11.7. The van der Waals surface area contributed by atoms with Gasteiger partial charge in [0.15, 0.2) is 0 Å². The highest BCUT2D eigenvalue weighted by Gasteiger charge is 2.16. The van der Waals surface area contributed by atoms with Crippen LogP contribution in [-0.4, -0.2) is 28.4 Å². The topological polar surface area (TPSA) is 77.2 Å². The van der Waals surface area contributed by atoms with Crippen molar-refractivity contribution in [1.29, 1.82) is 0 Å². The molecule has 2 rings (SSSR count). The lowest BCUT2D eigenvalue weighted by Gasteiger charge is -2.19. The lowest BCUT2D eigenvalue weighted by molar-refractivity contribution is 0.0527. The van der Waals surface area contributed by atoms with Gasteiger partial charge in [0.2, 0.25) is 11.7 Å². The van der Waals surface area contributed by atoms with Crippen molar-refractivity contribution in [2.24, 2.45) is 0 Å². The zero-order chi connectivity index (χ0) is 14.6. The van der Waals surface area contributed by atoms with Crippen molar-refractivity contribution in [3.63, 3.8) is 0 Å². The normalized spacial score (nSPS) is 11.3. The molecule has 108 valence electrons. The summed E-state index contributed by atoms with van der Waals surface area (Å²) in [5.74, 6) is 1.07. The lowest BCUT2D eigenvalue weighted by Crippen LogP contribution is -2.33. The monoisotopic (exact) mass is 295 g/mol. The number of alkyl carbamates (subject to hydrolysis) is 1. The van der Waals surface area contributed by atoms with Crippen LogP contribution in [0.25, 0.3) is 10.7 Å². The van der Waals surface area contributed by atoms with Gasteiger partial charge < -0.3 is 14.6 Å². The summed E-state index contributed by atoms with van der Waals surface area (Å²) in [7, 11) is 0. The molecule has 0 aliphatic rings. The van der Waals surface area contributed by atoms with E-state index in [2.05, 4.69) is 15.5 Å². The molecular weight excluding hydrogens is 278 g/mol. The number of nitrogens with one attached hydrogen (secondary N) is 1. The molecule has 0 saturated heterocycles. The first-order valence-electron chi connectivity index (χ1n) is 6.27. The molecule has 1 amide bonds. The number of aromatic nitrogens is 2. The maximum absolute atomic E-state index is 11.4. The number of amides is 1. The minimum Gasteiger partial charge on any atom is -0.444 e. The highest BCUT2D eigenvalue weighted by Crippen LogP contribution is 2.21. The Labute approximate surface area is 121 Å². The molecule has 2 heterocycles. The molecule has 2 aromatic heterocycles. The van der Waals surface area contributed by atoms with Gasteiger partial charge in [-0.2, -0.15) is 4.98 Å². The molecule has 0 fully saturated rings. The summed E-state index contributed by atoms with van der Waals surface area (Å²) < 4.78 is 10.2. The smallest absolute Gasteiger partial charge is 0.407 e. The van der Waals surface area contributed by atoms with Crippen LogP contribution in [0.15, 0.2) is 22.0 Å². The van der Waals surface area contributed by atoms with Crippen LogP contribution < -0.4 is 5.32 Å². The SMILES string of the molecule is CC(C)(C)OC(=O)NCCc1nc(-c2cccs2)no1. The number of nitrogens with zero attached hydrogens (tertiary/aromatic N) is 2. The number of thiophene rings is 1.